The fourth-order valence-electron chi connectivity index (χ4n) is 6.08. The van der Waals surface area contributed by atoms with Crippen LogP contribution in [0.3, 0.4) is 0 Å². The number of amides is 2. The van der Waals surface area contributed by atoms with E-state index in [-0.39, 0.29) is 29.8 Å². The minimum Gasteiger partial charge on any atom is -0.338 e. The van der Waals surface area contributed by atoms with Crippen molar-refractivity contribution >= 4 is 11.8 Å². The Kier molecular flexibility index (Phi) is 4.61. The lowest BCUT2D eigenvalue weighted by Crippen LogP contribution is -2.63. The van der Waals surface area contributed by atoms with Crippen LogP contribution in [0, 0.1) is 17.8 Å². The summed E-state index contributed by atoms with van der Waals surface area (Å²) in [6.45, 7) is 1.28. The zero-order valence-corrected chi connectivity index (χ0v) is 16.0. The van der Waals surface area contributed by atoms with E-state index >= 15 is 0 Å². The number of nitrogens with zero attached hydrogens (tertiary/aromatic N) is 1. The predicted octanol–water partition coefficient (Wildman–Crippen LogP) is -0.225. The molecule has 1 saturated carbocycles. The summed E-state index contributed by atoms with van der Waals surface area (Å²) in [5, 5.41) is 3.76. The van der Waals surface area contributed by atoms with Gasteiger partial charge >= 0.3 is 0 Å². The number of rotatable bonds is 3. The van der Waals surface area contributed by atoms with Gasteiger partial charge in [-0.2, -0.15) is 0 Å². The van der Waals surface area contributed by atoms with Gasteiger partial charge in [-0.05, 0) is 36.7 Å². The minimum absolute atomic E-state index is 0.00658. The maximum atomic E-state index is 13.1. The van der Waals surface area contributed by atoms with Gasteiger partial charge in [0.15, 0.2) is 0 Å². The molecule has 7 nitrogen and oxygen atoms in total. The van der Waals surface area contributed by atoms with Gasteiger partial charge < -0.3 is 16.0 Å². The minimum atomic E-state index is -0.546. The molecule has 0 spiro atoms. The first-order valence-corrected chi connectivity index (χ1v) is 10.5. The Morgan fingerprint density at radius 3 is 2.71 bits per heavy atom. The normalized spacial score (nSPS) is 37.6. The zero-order valence-electron chi connectivity index (χ0n) is 16.0. The molecule has 3 aliphatic heterocycles. The monoisotopic (exact) mass is 383 g/mol. The van der Waals surface area contributed by atoms with E-state index in [1.165, 1.54) is 0 Å². The van der Waals surface area contributed by atoms with Crippen molar-refractivity contribution in [2.45, 2.75) is 49.9 Å². The molecular formula is C21H29N5O2. The van der Waals surface area contributed by atoms with E-state index in [2.05, 4.69) is 16.2 Å². The topological polar surface area (TPSA) is 99.5 Å². The third kappa shape index (κ3) is 3.02. The number of nitrogens with one attached hydrogen (secondary N) is 3. The van der Waals surface area contributed by atoms with Crippen LogP contribution >= 0.6 is 0 Å². The molecule has 4 fully saturated rings. The third-order valence-corrected chi connectivity index (χ3v) is 7.24. The van der Waals surface area contributed by atoms with Crippen molar-refractivity contribution in [2.75, 3.05) is 13.1 Å². The molecule has 1 aromatic rings. The second-order valence-corrected chi connectivity index (χ2v) is 8.85. The van der Waals surface area contributed by atoms with Crippen molar-refractivity contribution in [3.05, 3.63) is 35.9 Å². The average Bonchev–Trinajstić information content (AvgIpc) is 3.03. The van der Waals surface area contributed by atoms with E-state index in [0.29, 0.717) is 37.4 Å². The van der Waals surface area contributed by atoms with Gasteiger partial charge in [0.25, 0.3) is 0 Å². The number of hydrogen-bond acceptors (Lipinski definition) is 5. The van der Waals surface area contributed by atoms with Crippen LogP contribution in [-0.2, 0) is 16.0 Å². The zero-order chi connectivity index (χ0) is 19.3. The van der Waals surface area contributed by atoms with E-state index in [0.717, 1.165) is 24.8 Å². The molecule has 1 aliphatic carbocycles. The molecule has 6 unspecified atom stereocenters. The maximum Gasteiger partial charge on any atom is 0.239 e. The maximum absolute atomic E-state index is 13.1. The predicted molar refractivity (Wildman–Crippen MR) is 105 cm³/mol. The van der Waals surface area contributed by atoms with Gasteiger partial charge in [0.1, 0.15) is 0 Å². The first kappa shape index (κ1) is 18.1. The number of hydrazine groups is 1. The van der Waals surface area contributed by atoms with Crippen molar-refractivity contribution in [3.8, 4) is 0 Å². The van der Waals surface area contributed by atoms with Crippen LogP contribution in [-0.4, -0.2) is 54.0 Å². The highest BCUT2D eigenvalue weighted by Crippen LogP contribution is 2.45. The Bertz CT molecular complexity index is 756. The Hall–Kier alpha value is -1.96. The molecule has 150 valence electrons. The lowest BCUT2D eigenvalue weighted by atomic mass is 9.68. The number of carbonyl (C=O) groups excluding carboxylic acids is 2. The molecule has 1 aromatic carbocycles. The van der Waals surface area contributed by atoms with E-state index in [9.17, 15) is 9.59 Å². The number of carbonyl (C=O) groups is 2. The highest BCUT2D eigenvalue weighted by molar-refractivity contribution is 5.82. The van der Waals surface area contributed by atoms with E-state index in [1.807, 2.05) is 35.2 Å². The van der Waals surface area contributed by atoms with Gasteiger partial charge in [0, 0.05) is 37.1 Å². The summed E-state index contributed by atoms with van der Waals surface area (Å²) < 4.78 is 0. The Morgan fingerprint density at radius 2 is 1.89 bits per heavy atom. The van der Waals surface area contributed by atoms with Gasteiger partial charge in [0.2, 0.25) is 11.8 Å². The molecular weight excluding hydrogens is 354 g/mol. The number of likely N-dealkylation sites (tertiary alicyclic amines) is 1. The van der Waals surface area contributed by atoms with Crippen LogP contribution in [0.1, 0.15) is 24.8 Å². The molecule has 7 atom stereocenters. The van der Waals surface area contributed by atoms with Gasteiger partial charge in [-0.1, -0.05) is 36.8 Å². The average molecular weight is 383 g/mol. The SMILES string of the molecule is N[C@@H](Cc1ccccc1)C(=O)N1CC2NNC(=O)C3CCCC4NC(C1)C2C43. The highest BCUT2D eigenvalue weighted by atomic mass is 16.2. The van der Waals surface area contributed by atoms with Crippen molar-refractivity contribution in [1.29, 1.82) is 0 Å². The largest absolute Gasteiger partial charge is 0.338 e. The van der Waals surface area contributed by atoms with Crippen LogP contribution in [0.5, 0.6) is 0 Å². The molecule has 5 rings (SSSR count). The lowest BCUT2D eigenvalue weighted by Gasteiger charge is -2.43. The second kappa shape index (κ2) is 7.13. The van der Waals surface area contributed by atoms with Gasteiger partial charge in [-0.25, -0.2) is 5.43 Å². The molecule has 4 aliphatic rings. The molecule has 0 radical (unpaired) electrons. The highest BCUT2D eigenvalue weighted by Gasteiger charge is 2.56. The Labute approximate surface area is 165 Å². The third-order valence-electron chi connectivity index (χ3n) is 7.24. The Morgan fingerprint density at radius 1 is 1.11 bits per heavy atom. The van der Waals surface area contributed by atoms with E-state index in [4.69, 9.17) is 5.73 Å². The first-order valence-electron chi connectivity index (χ1n) is 10.5. The number of hydrogen-bond donors (Lipinski definition) is 4. The van der Waals surface area contributed by atoms with Crippen LogP contribution in [0.2, 0.25) is 0 Å². The summed E-state index contributed by atoms with van der Waals surface area (Å²) in [6.07, 6.45) is 3.72. The van der Waals surface area contributed by atoms with E-state index in [1.54, 1.807) is 0 Å². The van der Waals surface area contributed by atoms with Crippen molar-refractivity contribution in [3.63, 3.8) is 0 Å². The van der Waals surface area contributed by atoms with Crippen molar-refractivity contribution in [1.82, 2.24) is 21.1 Å². The quantitative estimate of drug-likeness (QED) is 0.578. The fraction of sp³-hybridized carbons (Fsp3) is 0.619. The molecule has 0 aromatic heterocycles. The van der Waals surface area contributed by atoms with Crippen LogP contribution in [0.15, 0.2) is 30.3 Å². The fourth-order valence-corrected chi connectivity index (χ4v) is 6.08. The molecule has 0 bridgehead atoms. The first-order chi connectivity index (χ1) is 13.6. The number of piperidine rings is 1. The summed E-state index contributed by atoms with van der Waals surface area (Å²) in [5.74, 6) is 0.942. The number of nitrogens with two attached hydrogens (primary N) is 1. The van der Waals surface area contributed by atoms with Crippen LogP contribution < -0.4 is 21.9 Å². The molecule has 28 heavy (non-hydrogen) atoms. The molecule has 7 heteroatoms. The molecule has 5 N–H and O–H groups in total. The summed E-state index contributed by atoms with van der Waals surface area (Å²) in [5.41, 5.74) is 13.5. The lowest BCUT2D eigenvalue weighted by molar-refractivity contribution is -0.135. The summed E-state index contributed by atoms with van der Waals surface area (Å²) in [4.78, 5) is 27.6. The molecule has 3 heterocycles. The standard InChI is InChI=1S/C21H29N5O2/c22-14(9-12-5-2-1-3-6-12)21(28)26-10-16-19-17(11-26)24-25-20(27)13-7-4-8-15(23-16)18(13)19/h1-3,5-6,13-19,23-24H,4,7-11,22H2,(H,25,27)/t13?,14-,15?,16?,17?,18?,19?/m0/s1. The Balaban J connectivity index is 1.33. The van der Waals surface area contributed by atoms with Gasteiger partial charge in [-0.3, -0.25) is 15.0 Å². The van der Waals surface area contributed by atoms with E-state index < -0.39 is 6.04 Å². The molecule has 3 saturated heterocycles. The number of benzene rings is 1. The van der Waals surface area contributed by atoms with Crippen molar-refractivity contribution < 1.29 is 9.59 Å². The summed E-state index contributed by atoms with van der Waals surface area (Å²) >= 11 is 0. The van der Waals surface area contributed by atoms with Crippen LogP contribution in [0.25, 0.3) is 0 Å². The molecule has 2 amide bonds. The smallest absolute Gasteiger partial charge is 0.239 e. The van der Waals surface area contributed by atoms with Gasteiger partial charge in [-0.15, -0.1) is 0 Å². The summed E-state index contributed by atoms with van der Waals surface area (Å²) in [7, 11) is 0. The van der Waals surface area contributed by atoms with Gasteiger partial charge in [0.05, 0.1) is 6.04 Å². The second-order valence-electron chi connectivity index (χ2n) is 8.85. The van der Waals surface area contributed by atoms with Crippen LogP contribution in [0.4, 0.5) is 0 Å². The summed E-state index contributed by atoms with van der Waals surface area (Å²) in [6, 6.07) is 10.0. The van der Waals surface area contributed by atoms with Crippen molar-refractivity contribution in [2.24, 2.45) is 23.5 Å².